The Kier molecular flexibility index (Phi) is 17.8. The Labute approximate surface area is 354 Å². The predicted molar refractivity (Wildman–Crippen MR) is 220 cm³/mol. The third-order valence-corrected chi connectivity index (χ3v) is 15.7. The quantitative estimate of drug-likeness (QED) is 0.0466. The van der Waals surface area contributed by atoms with Crippen LogP contribution in [0.1, 0.15) is 41.3 Å². The third-order valence-electron chi connectivity index (χ3n) is 8.26. The van der Waals surface area contributed by atoms with Gasteiger partial charge in [-0.2, -0.15) is 0 Å². The average molecular weight is 1080 g/mol. The number of aldehydes is 1. The Hall–Kier alpha value is -3.32. The number of halogens is 11. The Morgan fingerprint density at radius 2 is 0.949 bits per heavy atom. The second-order valence-corrected chi connectivity index (χ2v) is 24.2. The van der Waals surface area contributed by atoms with Crippen LogP contribution >= 0.6 is 24.7 Å². The van der Waals surface area contributed by atoms with Gasteiger partial charge in [-0.3, -0.25) is 9.54 Å². The SMILES string of the molecule is Cc1ccc(C(C)C)cc1.O=Cc1c(F)c(F)c(N=P(CP(c2ccccc2)c2ccccc2)(c2ccccc2)c2ccccc2)c(F)c1F.[Cl][Ru+].[F][Sb-]([F])([F])([F])([F])[F]. The van der Waals surface area contributed by atoms with E-state index in [0.29, 0.717) is 22.4 Å². The number of benzene rings is 6. The van der Waals surface area contributed by atoms with Crippen molar-refractivity contribution in [3.8, 4) is 0 Å². The van der Waals surface area contributed by atoms with E-state index >= 15 is 8.78 Å². The maximum atomic E-state index is 15.4. The van der Waals surface area contributed by atoms with Crippen molar-refractivity contribution in [3.05, 3.63) is 186 Å². The Morgan fingerprint density at radius 3 is 1.27 bits per heavy atom. The molecule has 0 saturated carbocycles. The minimum absolute atomic E-state index is 0.235. The van der Waals surface area contributed by atoms with Gasteiger partial charge >= 0.3 is 63.4 Å². The van der Waals surface area contributed by atoms with E-state index in [1.807, 2.05) is 114 Å². The minimum atomic E-state index is -11.2. The van der Waals surface area contributed by atoms with E-state index in [9.17, 15) is 30.5 Å². The van der Waals surface area contributed by atoms with Crippen LogP contribution in [-0.4, -0.2) is 31.7 Å². The molecule has 0 bridgehead atoms. The maximum absolute atomic E-state index is 15.4. The molecule has 0 aliphatic rings. The number of hydrogen-bond acceptors (Lipinski definition) is 2. The van der Waals surface area contributed by atoms with Crippen molar-refractivity contribution in [2.45, 2.75) is 26.7 Å². The molecule has 0 saturated heterocycles. The van der Waals surface area contributed by atoms with Crippen molar-refractivity contribution < 1.29 is 56.5 Å². The summed E-state index contributed by atoms with van der Waals surface area (Å²) in [4.78, 5) is 11.2. The van der Waals surface area contributed by atoms with E-state index in [1.165, 1.54) is 11.1 Å². The molecule has 6 aromatic carbocycles. The van der Waals surface area contributed by atoms with Crippen LogP contribution in [0.15, 0.2) is 150 Å². The Bertz CT molecular complexity index is 2210. The summed E-state index contributed by atoms with van der Waals surface area (Å²) in [5.74, 6) is -5.93. The average Bonchev–Trinajstić information content (AvgIpc) is 3.21. The zero-order chi connectivity index (χ0) is 44.1. The van der Waals surface area contributed by atoms with Gasteiger partial charge in [0.15, 0.2) is 29.6 Å². The molecular weight excluding hydrogens is 1040 g/mol. The fourth-order valence-electron chi connectivity index (χ4n) is 5.49. The van der Waals surface area contributed by atoms with Gasteiger partial charge in [-0.25, -0.2) is 17.6 Å². The Balaban J connectivity index is 0.000000405. The third kappa shape index (κ3) is 15.6. The van der Waals surface area contributed by atoms with Crippen LogP contribution in [0.4, 0.5) is 40.1 Å². The topological polar surface area (TPSA) is 29.4 Å². The normalized spacial score (nSPS) is 12.4. The van der Waals surface area contributed by atoms with E-state index in [1.54, 1.807) is 24.3 Å². The molecule has 6 rings (SSSR count). The standard InChI is InChI=1S/C32H23F4NOP2.C10H14.ClH.6FH.Ru.Sb/c33-28-27(21-38)29(34)31(36)32(30(28)35)37-40(25-17-9-3-10-18-25,26-19-11-4-12-20-26)22-39(23-13-5-1-6-14-23)24-15-7-2-8-16-24;1-8(2)10-6-4-9(3)5-7-10;;;;;;;;;/h1-21H,22H2;4-8H,1-3H3;7*1H;;/q;;;;;;;;;+2;+5/p-7. The van der Waals surface area contributed by atoms with E-state index in [2.05, 4.69) is 54.7 Å². The molecule has 0 N–H and O–H groups in total. The van der Waals surface area contributed by atoms with Gasteiger partial charge in [0.1, 0.15) is 5.69 Å². The molecule has 59 heavy (non-hydrogen) atoms. The number of rotatable bonds is 9. The number of nitrogens with zero attached hydrogens (tertiary/aromatic N) is 1. The first-order valence-electron chi connectivity index (χ1n) is 17.3. The molecule has 0 radical (unpaired) electrons. The predicted octanol–water partition coefficient (Wildman–Crippen LogP) is 13.6. The summed E-state index contributed by atoms with van der Waals surface area (Å²) in [6.07, 6.45) is -0.235. The fourth-order valence-corrected chi connectivity index (χ4v) is 13.7. The zero-order valence-corrected chi connectivity index (χ0v) is 38.3. The molecule has 0 spiro atoms. The summed E-state index contributed by atoms with van der Waals surface area (Å²) in [6, 6.07) is 46.4. The van der Waals surface area contributed by atoms with Crippen LogP contribution in [0.25, 0.3) is 0 Å². The van der Waals surface area contributed by atoms with Gasteiger partial charge in [0, 0.05) is 13.0 Å². The first-order chi connectivity index (χ1) is 27.6. The summed E-state index contributed by atoms with van der Waals surface area (Å²) in [5.41, 5.74) is 0.404. The van der Waals surface area contributed by atoms with Gasteiger partial charge in [-0.1, -0.05) is 165 Å². The molecule has 0 amide bonds. The van der Waals surface area contributed by atoms with E-state index < -0.39 is 69.0 Å². The number of aryl methyl sites for hydroxylation is 1. The summed E-state index contributed by atoms with van der Waals surface area (Å²) in [5, 5.41) is 3.42. The van der Waals surface area contributed by atoms with Crippen LogP contribution in [0.3, 0.4) is 0 Å². The summed E-state index contributed by atoms with van der Waals surface area (Å²) >= 11 is -9.43. The molecule has 0 aromatic heterocycles. The van der Waals surface area contributed by atoms with Crippen molar-refractivity contribution >= 4 is 77.3 Å². The molecule has 0 atom stereocenters. The van der Waals surface area contributed by atoms with Crippen LogP contribution in [0.5, 0.6) is 0 Å². The van der Waals surface area contributed by atoms with E-state index in [-0.39, 0.29) is 6.29 Å². The van der Waals surface area contributed by atoms with Gasteiger partial charge in [0.25, 0.3) is 0 Å². The summed E-state index contributed by atoms with van der Waals surface area (Å²) in [6.45, 7) is 6.54. The van der Waals surface area contributed by atoms with Crippen LogP contribution in [0.2, 0.25) is 0 Å². The van der Waals surface area contributed by atoms with Crippen molar-refractivity contribution in [2.24, 2.45) is 4.74 Å². The molecular formula is C42H37ClF10NOP2RuSb. The van der Waals surface area contributed by atoms with Crippen molar-refractivity contribution in [1.82, 2.24) is 0 Å². The van der Waals surface area contributed by atoms with Gasteiger partial charge in [-0.05, 0) is 47.5 Å². The first kappa shape index (κ1) is 50.0. The van der Waals surface area contributed by atoms with Crippen LogP contribution in [0, 0.1) is 30.2 Å². The van der Waals surface area contributed by atoms with Gasteiger partial charge < -0.3 is 0 Å². The van der Waals surface area contributed by atoms with Gasteiger partial charge in [0.2, 0.25) is 0 Å². The number of hydrogen-bond donors (Lipinski definition) is 0. The molecule has 0 unspecified atom stereocenters. The molecule has 17 heteroatoms. The summed E-state index contributed by atoms with van der Waals surface area (Å²) in [7, 11) is 0.235. The van der Waals surface area contributed by atoms with Crippen molar-refractivity contribution in [2.75, 3.05) is 5.90 Å². The van der Waals surface area contributed by atoms with Gasteiger partial charge in [-0.15, -0.1) is 0 Å². The molecule has 6 aromatic rings. The monoisotopic (exact) mass is 1080 g/mol. The zero-order valence-electron chi connectivity index (χ0n) is 31.4. The van der Waals surface area contributed by atoms with Gasteiger partial charge in [0.05, 0.1) is 5.56 Å². The molecule has 0 aliphatic heterocycles. The first-order valence-corrected chi connectivity index (χ1v) is 28.8. The van der Waals surface area contributed by atoms with E-state index in [0.717, 1.165) is 10.6 Å². The second-order valence-electron chi connectivity index (χ2n) is 12.9. The fraction of sp³-hybridized carbons (Fsp3) is 0.119. The van der Waals surface area contributed by atoms with E-state index in [4.69, 9.17) is 4.74 Å². The molecule has 0 fully saturated rings. The van der Waals surface area contributed by atoms with Crippen molar-refractivity contribution in [3.63, 3.8) is 0 Å². The second kappa shape index (κ2) is 21.0. The van der Waals surface area contributed by atoms with Crippen LogP contribution in [-0.2, 0) is 17.3 Å². The van der Waals surface area contributed by atoms with Crippen LogP contribution < -0.4 is 21.2 Å². The summed E-state index contributed by atoms with van der Waals surface area (Å²) < 4.78 is 125. The molecule has 2 nitrogen and oxygen atoms in total. The number of carbonyl (C=O) groups is 1. The Morgan fingerprint density at radius 1 is 0.610 bits per heavy atom. The molecule has 0 aliphatic carbocycles. The number of carbonyl (C=O) groups excluding carboxylic acids is 1. The molecule has 0 heterocycles. The van der Waals surface area contributed by atoms with Crippen molar-refractivity contribution in [1.29, 1.82) is 0 Å². The molecule has 316 valence electrons.